The van der Waals surface area contributed by atoms with Crippen molar-refractivity contribution < 1.29 is 33.7 Å². The predicted molar refractivity (Wildman–Crippen MR) is 147 cm³/mol. The van der Waals surface area contributed by atoms with Crippen molar-refractivity contribution in [2.45, 2.75) is 39.7 Å². The number of hydrogen-bond donors (Lipinski definition) is 1. The Morgan fingerprint density at radius 2 is 1.82 bits per heavy atom. The van der Waals surface area contributed by atoms with E-state index in [0.29, 0.717) is 41.5 Å². The maximum Gasteiger partial charge on any atom is 0.350 e. The zero-order valence-corrected chi connectivity index (χ0v) is 23.0. The monoisotopic (exact) mass is 550 g/mol. The molecule has 1 aromatic heterocycles. The van der Waals surface area contributed by atoms with Crippen molar-refractivity contribution >= 4 is 39.9 Å². The van der Waals surface area contributed by atoms with Gasteiger partial charge in [0, 0.05) is 5.56 Å². The molecular formula is C29H30N2O7S. The molecule has 2 heterocycles. The summed E-state index contributed by atoms with van der Waals surface area (Å²) in [7, 11) is 1.26. The average molecular weight is 551 g/mol. The molecule has 204 valence electrons. The van der Waals surface area contributed by atoms with Gasteiger partial charge in [0.05, 0.1) is 37.6 Å². The molecule has 1 atom stereocenters. The highest BCUT2D eigenvalue weighted by atomic mass is 32.1. The molecule has 0 bridgehead atoms. The molecule has 1 saturated heterocycles. The van der Waals surface area contributed by atoms with Gasteiger partial charge in [-0.25, -0.2) is 9.78 Å². The number of esters is 1. The minimum Gasteiger partial charge on any atom is -0.507 e. The molecule has 10 heteroatoms. The summed E-state index contributed by atoms with van der Waals surface area (Å²) < 4.78 is 16.6. The number of rotatable bonds is 10. The first-order chi connectivity index (χ1) is 18.8. The maximum absolute atomic E-state index is 13.5. The first-order valence-corrected chi connectivity index (χ1v) is 13.5. The number of aliphatic hydroxyl groups is 1. The highest BCUT2D eigenvalue weighted by Gasteiger charge is 2.48. The summed E-state index contributed by atoms with van der Waals surface area (Å²) in [5.74, 6) is -1.67. The van der Waals surface area contributed by atoms with Gasteiger partial charge in [0.1, 0.15) is 10.6 Å². The van der Waals surface area contributed by atoms with Crippen LogP contribution in [0.5, 0.6) is 11.5 Å². The van der Waals surface area contributed by atoms with Crippen molar-refractivity contribution in [2.24, 2.45) is 0 Å². The highest BCUT2D eigenvalue weighted by molar-refractivity contribution is 7.17. The molecule has 3 aromatic rings. The first kappa shape index (κ1) is 27.8. The number of carbonyl (C=O) groups excluding carboxylic acids is 3. The number of carbonyl (C=O) groups is 3. The number of aromatic nitrogens is 1. The summed E-state index contributed by atoms with van der Waals surface area (Å²) in [6, 6.07) is 12.7. The minimum atomic E-state index is -1.04. The Balaban J connectivity index is 1.91. The number of Topliss-reactive ketones (excluding diaryl/α,β-unsaturated/α-hetero) is 1. The topological polar surface area (TPSA) is 115 Å². The van der Waals surface area contributed by atoms with E-state index in [1.165, 1.54) is 12.0 Å². The second-order valence-electron chi connectivity index (χ2n) is 8.78. The van der Waals surface area contributed by atoms with Gasteiger partial charge in [0.15, 0.2) is 16.6 Å². The number of amides is 1. The van der Waals surface area contributed by atoms with Crippen molar-refractivity contribution in [3.8, 4) is 11.5 Å². The molecule has 39 heavy (non-hydrogen) atoms. The second kappa shape index (κ2) is 12.1. The molecule has 1 aliphatic heterocycles. The summed E-state index contributed by atoms with van der Waals surface area (Å²) in [6.45, 7) is 6.41. The van der Waals surface area contributed by atoms with Gasteiger partial charge in [-0.3, -0.25) is 14.5 Å². The molecule has 0 radical (unpaired) electrons. The van der Waals surface area contributed by atoms with E-state index in [9.17, 15) is 19.5 Å². The van der Waals surface area contributed by atoms with Crippen LogP contribution in [-0.4, -0.2) is 48.1 Å². The molecule has 1 unspecified atom stereocenters. The number of unbranched alkanes of at least 4 members (excludes halogenated alkanes) is 1. The number of ether oxygens (including phenoxy) is 3. The van der Waals surface area contributed by atoms with Gasteiger partial charge in [0.25, 0.3) is 5.78 Å². The first-order valence-electron chi connectivity index (χ1n) is 12.6. The van der Waals surface area contributed by atoms with Crippen LogP contribution in [0.3, 0.4) is 0 Å². The third kappa shape index (κ3) is 5.51. The summed E-state index contributed by atoms with van der Waals surface area (Å²) in [4.78, 5) is 45.0. The Bertz CT molecular complexity index is 1410. The van der Waals surface area contributed by atoms with E-state index >= 15 is 0 Å². The van der Waals surface area contributed by atoms with Gasteiger partial charge in [-0.2, -0.15) is 0 Å². The lowest BCUT2D eigenvalue weighted by molar-refractivity contribution is -0.132. The molecule has 4 rings (SSSR count). The van der Waals surface area contributed by atoms with Gasteiger partial charge < -0.3 is 19.3 Å². The molecule has 9 nitrogen and oxygen atoms in total. The quantitative estimate of drug-likeness (QED) is 0.117. The minimum absolute atomic E-state index is 0.0965. The zero-order valence-electron chi connectivity index (χ0n) is 22.2. The third-order valence-electron chi connectivity index (χ3n) is 6.19. The van der Waals surface area contributed by atoms with Crippen LogP contribution >= 0.6 is 11.3 Å². The summed E-state index contributed by atoms with van der Waals surface area (Å²) in [6.07, 6.45) is 1.84. The van der Waals surface area contributed by atoms with Gasteiger partial charge >= 0.3 is 11.9 Å². The Morgan fingerprint density at radius 3 is 2.49 bits per heavy atom. The standard InChI is InChI=1S/C29H30N2O7S/c1-5-7-15-38-20-14-13-19(16-21(20)37-6-2)23-22(24(32)18-11-9-8-10-12-18)25(33)27(34)31(23)29-30-17(3)26(39-29)28(35)36-4/h8-14,16,23,32H,5-7,15H2,1-4H3. The van der Waals surface area contributed by atoms with E-state index in [1.54, 1.807) is 55.5 Å². The van der Waals surface area contributed by atoms with Gasteiger partial charge in [-0.15, -0.1) is 0 Å². The van der Waals surface area contributed by atoms with Crippen molar-refractivity contribution in [1.29, 1.82) is 0 Å². The van der Waals surface area contributed by atoms with Crippen LogP contribution in [0, 0.1) is 6.92 Å². The lowest BCUT2D eigenvalue weighted by Gasteiger charge is -2.24. The van der Waals surface area contributed by atoms with Crippen LogP contribution in [0.4, 0.5) is 5.13 Å². The molecule has 0 aliphatic carbocycles. The number of aliphatic hydroxyl groups excluding tert-OH is 1. The summed E-state index contributed by atoms with van der Waals surface area (Å²) in [5.41, 5.74) is 1.15. The van der Waals surface area contributed by atoms with Gasteiger partial charge in [-0.05, 0) is 38.0 Å². The van der Waals surface area contributed by atoms with Crippen molar-refractivity contribution in [3.63, 3.8) is 0 Å². The molecule has 1 aliphatic rings. The number of thiazole rings is 1. The number of benzene rings is 2. The van der Waals surface area contributed by atoms with Crippen molar-refractivity contribution in [2.75, 3.05) is 25.2 Å². The normalized spacial score (nSPS) is 16.4. The van der Waals surface area contributed by atoms with E-state index < -0.39 is 23.7 Å². The second-order valence-corrected chi connectivity index (χ2v) is 9.76. The Kier molecular flexibility index (Phi) is 8.65. The average Bonchev–Trinajstić information content (AvgIpc) is 3.45. The Morgan fingerprint density at radius 1 is 1.08 bits per heavy atom. The number of hydrogen-bond acceptors (Lipinski definition) is 9. The highest BCUT2D eigenvalue weighted by Crippen LogP contribution is 2.45. The number of ketones is 1. The molecule has 1 amide bonds. The molecule has 0 saturated carbocycles. The fourth-order valence-electron chi connectivity index (χ4n) is 4.27. The molecule has 0 spiro atoms. The fourth-order valence-corrected chi connectivity index (χ4v) is 5.28. The van der Waals surface area contributed by atoms with E-state index in [-0.39, 0.29) is 21.3 Å². The lowest BCUT2D eigenvalue weighted by Crippen LogP contribution is -2.29. The number of methoxy groups -OCH3 is 1. The number of anilines is 1. The Hall–Kier alpha value is -4.18. The van der Waals surface area contributed by atoms with Crippen LogP contribution in [0.25, 0.3) is 5.76 Å². The van der Waals surface area contributed by atoms with Crippen LogP contribution < -0.4 is 14.4 Å². The smallest absolute Gasteiger partial charge is 0.350 e. The molecular weight excluding hydrogens is 520 g/mol. The van der Waals surface area contributed by atoms with E-state index in [1.807, 2.05) is 6.92 Å². The maximum atomic E-state index is 13.5. The fraction of sp³-hybridized carbons (Fsp3) is 0.310. The van der Waals surface area contributed by atoms with Crippen molar-refractivity contribution in [3.05, 3.63) is 75.8 Å². The zero-order chi connectivity index (χ0) is 28.1. The third-order valence-corrected chi connectivity index (χ3v) is 7.33. The predicted octanol–water partition coefficient (Wildman–Crippen LogP) is 5.44. The van der Waals surface area contributed by atoms with E-state index in [4.69, 9.17) is 14.2 Å². The van der Waals surface area contributed by atoms with Crippen LogP contribution in [-0.2, 0) is 14.3 Å². The van der Waals surface area contributed by atoms with Crippen LogP contribution in [0.1, 0.15) is 59.2 Å². The molecule has 2 aromatic carbocycles. The lowest BCUT2D eigenvalue weighted by atomic mass is 9.95. The van der Waals surface area contributed by atoms with Crippen LogP contribution in [0.2, 0.25) is 0 Å². The van der Waals surface area contributed by atoms with Gasteiger partial charge in [-0.1, -0.05) is 61.1 Å². The van der Waals surface area contributed by atoms with Gasteiger partial charge in [0.2, 0.25) is 0 Å². The molecule has 1 fully saturated rings. The van der Waals surface area contributed by atoms with E-state index in [0.717, 1.165) is 24.2 Å². The van der Waals surface area contributed by atoms with E-state index in [2.05, 4.69) is 11.9 Å². The number of nitrogens with zero attached hydrogens (tertiary/aromatic N) is 2. The van der Waals surface area contributed by atoms with Crippen molar-refractivity contribution in [1.82, 2.24) is 4.98 Å². The Labute approximate surface area is 230 Å². The number of aryl methyl sites for hydroxylation is 1. The summed E-state index contributed by atoms with van der Waals surface area (Å²) in [5, 5.41) is 11.4. The molecule has 1 N–H and O–H groups in total. The van der Waals surface area contributed by atoms with Crippen LogP contribution in [0.15, 0.2) is 54.1 Å². The SMILES string of the molecule is CCCCOc1ccc(C2C(=C(O)c3ccccc3)C(=O)C(=O)N2c2nc(C)c(C(=O)OC)s2)cc1OCC. The summed E-state index contributed by atoms with van der Waals surface area (Å²) >= 11 is 0.941. The largest absolute Gasteiger partial charge is 0.507 e.